The summed E-state index contributed by atoms with van der Waals surface area (Å²) in [5, 5.41) is 10.7. The van der Waals surface area contributed by atoms with Gasteiger partial charge in [0.2, 0.25) is 5.95 Å². The number of hydrogen-bond donors (Lipinski definition) is 2. The number of nitrogens with one attached hydrogen (secondary N) is 2. The Morgan fingerprint density at radius 2 is 2.04 bits per heavy atom. The molecule has 7 heteroatoms. The van der Waals surface area contributed by atoms with Crippen LogP contribution in [-0.2, 0) is 7.05 Å². The SMILES string of the molecule is Cn1cc(C(=O)Nc2n[nH]c(C3CC3)n2)c2ccccc2c1=O. The van der Waals surface area contributed by atoms with E-state index in [1.165, 1.54) is 10.8 Å². The standard InChI is InChI=1S/C16H15N5O2/c1-21-8-12(10-4-2-3-5-11(10)15(21)23)14(22)18-16-17-13(19-20-16)9-6-7-9/h2-5,8-9H,6-7H2,1H3,(H2,17,18,19,20,22). The Morgan fingerprint density at radius 1 is 1.30 bits per heavy atom. The summed E-state index contributed by atoms with van der Waals surface area (Å²) in [6.45, 7) is 0. The number of nitrogens with zero attached hydrogens (tertiary/aromatic N) is 3. The zero-order chi connectivity index (χ0) is 16.0. The fraction of sp³-hybridized carbons (Fsp3) is 0.250. The number of H-pyrrole nitrogens is 1. The molecule has 116 valence electrons. The van der Waals surface area contributed by atoms with Crippen molar-refractivity contribution in [2.75, 3.05) is 5.32 Å². The lowest BCUT2D eigenvalue weighted by Crippen LogP contribution is -2.21. The molecule has 1 saturated carbocycles. The molecule has 0 spiro atoms. The summed E-state index contributed by atoms with van der Waals surface area (Å²) in [5.41, 5.74) is 0.284. The minimum absolute atomic E-state index is 0.133. The predicted molar refractivity (Wildman–Crippen MR) is 85.5 cm³/mol. The van der Waals surface area contributed by atoms with Crippen molar-refractivity contribution < 1.29 is 4.79 Å². The Labute approximate surface area is 131 Å². The molecular weight excluding hydrogens is 294 g/mol. The van der Waals surface area contributed by atoms with Crippen LogP contribution in [0.2, 0.25) is 0 Å². The lowest BCUT2D eigenvalue weighted by atomic mass is 10.1. The van der Waals surface area contributed by atoms with E-state index in [1.807, 2.05) is 0 Å². The monoisotopic (exact) mass is 309 g/mol. The van der Waals surface area contributed by atoms with Crippen LogP contribution in [0.5, 0.6) is 0 Å². The van der Waals surface area contributed by atoms with E-state index in [0.29, 0.717) is 22.3 Å². The van der Waals surface area contributed by atoms with Gasteiger partial charge in [-0.3, -0.25) is 20.0 Å². The number of aromatic nitrogens is 4. The molecule has 1 fully saturated rings. The first-order valence-electron chi connectivity index (χ1n) is 7.45. The maximum absolute atomic E-state index is 12.6. The van der Waals surface area contributed by atoms with Crippen molar-refractivity contribution in [1.82, 2.24) is 19.7 Å². The number of aryl methyl sites for hydroxylation is 1. The smallest absolute Gasteiger partial charge is 0.260 e. The van der Waals surface area contributed by atoms with Gasteiger partial charge in [-0.25, -0.2) is 0 Å². The Kier molecular flexibility index (Phi) is 3.00. The molecule has 1 aliphatic rings. The fourth-order valence-corrected chi connectivity index (χ4v) is 2.64. The molecule has 0 aliphatic heterocycles. The number of benzene rings is 1. The molecule has 3 aromatic rings. The van der Waals surface area contributed by atoms with Gasteiger partial charge < -0.3 is 4.57 Å². The maximum atomic E-state index is 12.6. The predicted octanol–water partition coefficient (Wildman–Crippen LogP) is 1.79. The van der Waals surface area contributed by atoms with Crippen LogP contribution in [0.25, 0.3) is 10.8 Å². The molecule has 1 aliphatic carbocycles. The van der Waals surface area contributed by atoms with E-state index < -0.39 is 0 Å². The highest BCUT2D eigenvalue weighted by atomic mass is 16.2. The maximum Gasteiger partial charge on any atom is 0.260 e. The Morgan fingerprint density at radius 3 is 2.78 bits per heavy atom. The normalized spacial score (nSPS) is 14.1. The van der Waals surface area contributed by atoms with E-state index in [4.69, 9.17) is 0 Å². The highest BCUT2D eigenvalue weighted by molar-refractivity contribution is 6.12. The summed E-state index contributed by atoms with van der Waals surface area (Å²) in [5.74, 6) is 1.17. The number of hydrogen-bond acceptors (Lipinski definition) is 4. The second-order valence-corrected chi connectivity index (χ2v) is 5.78. The lowest BCUT2D eigenvalue weighted by Gasteiger charge is -2.08. The zero-order valence-corrected chi connectivity index (χ0v) is 12.5. The average Bonchev–Trinajstić information content (AvgIpc) is 3.31. The average molecular weight is 309 g/mol. The van der Waals surface area contributed by atoms with Gasteiger partial charge in [-0.05, 0) is 18.9 Å². The second kappa shape index (κ2) is 5.05. The first kappa shape index (κ1) is 13.7. The van der Waals surface area contributed by atoms with Crippen molar-refractivity contribution in [3.05, 3.63) is 52.2 Å². The summed E-state index contributed by atoms with van der Waals surface area (Å²) < 4.78 is 1.41. The number of rotatable bonds is 3. The van der Waals surface area contributed by atoms with Gasteiger partial charge in [0.15, 0.2) is 0 Å². The van der Waals surface area contributed by atoms with Crippen molar-refractivity contribution in [3.8, 4) is 0 Å². The van der Waals surface area contributed by atoms with E-state index in [0.717, 1.165) is 18.7 Å². The molecule has 1 aromatic carbocycles. The molecule has 4 rings (SSSR count). The van der Waals surface area contributed by atoms with E-state index in [1.54, 1.807) is 31.3 Å². The minimum Gasteiger partial charge on any atom is -0.317 e. The van der Waals surface area contributed by atoms with Crippen LogP contribution < -0.4 is 10.9 Å². The molecule has 23 heavy (non-hydrogen) atoms. The van der Waals surface area contributed by atoms with Crippen LogP contribution in [0.4, 0.5) is 5.95 Å². The topological polar surface area (TPSA) is 92.7 Å². The van der Waals surface area contributed by atoms with Crippen molar-refractivity contribution in [3.63, 3.8) is 0 Å². The van der Waals surface area contributed by atoms with Crippen LogP contribution in [0.3, 0.4) is 0 Å². The first-order valence-corrected chi connectivity index (χ1v) is 7.45. The number of carbonyl (C=O) groups is 1. The highest BCUT2D eigenvalue weighted by Gasteiger charge is 2.27. The van der Waals surface area contributed by atoms with Crippen molar-refractivity contribution in [2.45, 2.75) is 18.8 Å². The van der Waals surface area contributed by atoms with Crippen molar-refractivity contribution in [1.29, 1.82) is 0 Å². The molecule has 0 bridgehead atoms. The zero-order valence-electron chi connectivity index (χ0n) is 12.5. The van der Waals surface area contributed by atoms with Gasteiger partial charge in [0.1, 0.15) is 5.82 Å². The second-order valence-electron chi connectivity index (χ2n) is 5.78. The summed E-state index contributed by atoms with van der Waals surface area (Å²) >= 11 is 0. The molecule has 0 saturated heterocycles. The summed E-state index contributed by atoms with van der Waals surface area (Å²) in [4.78, 5) is 29.0. The van der Waals surface area contributed by atoms with Crippen LogP contribution in [0.1, 0.15) is 34.9 Å². The first-order chi connectivity index (χ1) is 11.1. The fourth-order valence-electron chi connectivity index (χ4n) is 2.64. The molecular formula is C16H15N5O2. The Hall–Kier alpha value is -2.96. The molecule has 0 unspecified atom stereocenters. The van der Waals surface area contributed by atoms with Gasteiger partial charge >= 0.3 is 0 Å². The molecule has 0 atom stereocenters. The number of anilines is 1. The molecule has 2 heterocycles. The van der Waals surface area contributed by atoms with Crippen molar-refractivity contribution >= 4 is 22.6 Å². The molecule has 2 aromatic heterocycles. The van der Waals surface area contributed by atoms with Gasteiger partial charge in [0, 0.05) is 29.9 Å². The third-order valence-electron chi connectivity index (χ3n) is 4.03. The van der Waals surface area contributed by atoms with E-state index in [-0.39, 0.29) is 17.4 Å². The molecule has 1 amide bonds. The van der Waals surface area contributed by atoms with Gasteiger partial charge in [-0.1, -0.05) is 18.2 Å². The van der Waals surface area contributed by atoms with Crippen LogP contribution >= 0.6 is 0 Å². The largest absolute Gasteiger partial charge is 0.317 e. The number of aromatic amines is 1. The van der Waals surface area contributed by atoms with Crippen LogP contribution in [0.15, 0.2) is 35.3 Å². The Bertz CT molecular complexity index is 968. The molecule has 2 N–H and O–H groups in total. The van der Waals surface area contributed by atoms with Gasteiger partial charge in [-0.15, -0.1) is 5.10 Å². The van der Waals surface area contributed by atoms with Crippen molar-refractivity contribution in [2.24, 2.45) is 7.05 Å². The lowest BCUT2D eigenvalue weighted by molar-refractivity contribution is 0.102. The Balaban J connectivity index is 1.71. The number of fused-ring (bicyclic) bond motifs is 1. The third-order valence-corrected chi connectivity index (χ3v) is 4.03. The van der Waals surface area contributed by atoms with E-state index in [2.05, 4.69) is 20.5 Å². The van der Waals surface area contributed by atoms with E-state index in [9.17, 15) is 9.59 Å². The summed E-state index contributed by atoms with van der Waals surface area (Å²) in [7, 11) is 1.63. The summed E-state index contributed by atoms with van der Waals surface area (Å²) in [6, 6.07) is 7.06. The van der Waals surface area contributed by atoms with Crippen LogP contribution in [-0.4, -0.2) is 25.7 Å². The number of carbonyl (C=O) groups excluding carboxylic acids is 1. The van der Waals surface area contributed by atoms with E-state index >= 15 is 0 Å². The van der Waals surface area contributed by atoms with Crippen LogP contribution in [0, 0.1) is 0 Å². The van der Waals surface area contributed by atoms with Gasteiger partial charge in [0.25, 0.3) is 11.5 Å². The molecule has 7 nitrogen and oxygen atoms in total. The highest BCUT2D eigenvalue weighted by Crippen LogP contribution is 2.38. The van der Waals surface area contributed by atoms with Gasteiger partial charge in [0.05, 0.1) is 5.56 Å². The quantitative estimate of drug-likeness (QED) is 0.771. The third kappa shape index (κ3) is 2.40. The molecule has 0 radical (unpaired) electrons. The van der Waals surface area contributed by atoms with Gasteiger partial charge in [-0.2, -0.15) is 4.98 Å². The number of pyridine rings is 1. The summed E-state index contributed by atoms with van der Waals surface area (Å²) in [6.07, 6.45) is 3.75. The minimum atomic E-state index is -0.335. The number of amides is 1.